The minimum absolute atomic E-state index is 0.0677. The fourth-order valence-electron chi connectivity index (χ4n) is 4.59. The SMILES string of the molecule is CC(=O)N1CCN(C(=O)C(C)N2CCC(CN(C)Cc3ccccc3)CC2)CC1. The highest BCUT2D eigenvalue weighted by molar-refractivity contribution is 5.82. The summed E-state index contributed by atoms with van der Waals surface area (Å²) in [5, 5.41) is 0. The first-order chi connectivity index (χ1) is 13.9. The molecule has 0 bridgehead atoms. The molecule has 2 saturated heterocycles. The van der Waals surface area contributed by atoms with Crippen molar-refractivity contribution in [1.82, 2.24) is 19.6 Å². The maximum absolute atomic E-state index is 12.9. The molecule has 2 amide bonds. The van der Waals surface area contributed by atoms with Gasteiger partial charge in [-0.3, -0.25) is 14.5 Å². The Morgan fingerprint density at radius 3 is 2.17 bits per heavy atom. The van der Waals surface area contributed by atoms with Gasteiger partial charge in [-0.05, 0) is 51.4 Å². The Labute approximate surface area is 175 Å². The van der Waals surface area contributed by atoms with E-state index in [-0.39, 0.29) is 17.9 Å². The first kappa shape index (κ1) is 21.8. The lowest BCUT2D eigenvalue weighted by Gasteiger charge is -2.40. The Balaban J connectivity index is 1.40. The van der Waals surface area contributed by atoms with Gasteiger partial charge in [-0.15, -0.1) is 0 Å². The third kappa shape index (κ3) is 6.03. The van der Waals surface area contributed by atoms with E-state index >= 15 is 0 Å². The molecule has 2 heterocycles. The quantitative estimate of drug-likeness (QED) is 0.732. The van der Waals surface area contributed by atoms with E-state index in [1.807, 2.05) is 16.7 Å². The molecule has 0 aliphatic carbocycles. The van der Waals surface area contributed by atoms with Gasteiger partial charge in [0.2, 0.25) is 11.8 Å². The molecule has 2 aliphatic rings. The molecule has 0 spiro atoms. The van der Waals surface area contributed by atoms with E-state index in [9.17, 15) is 9.59 Å². The Bertz CT molecular complexity index is 665. The first-order valence-electron chi connectivity index (χ1n) is 10.9. The summed E-state index contributed by atoms with van der Waals surface area (Å²) < 4.78 is 0. The van der Waals surface area contributed by atoms with Crippen molar-refractivity contribution in [2.75, 3.05) is 52.9 Å². The molecular formula is C23H36N4O2. The van der Waals surface area contributed by atoms with E-state index in [2.05, 4.69) is 47.2 Å². The molecular weight excluding hydrogens is 364 g/mol. The zero-order valence-electron chi connectivity index (χ0n) is 18.2. The second-order valence-electron chi connectivity index (χ2n) is 8.67. The predicted octanol–water partition coefficient (Wildman–Crippen LogP) is 1.91. The van der Waals surface area contributed by atoms with Crippen molar-refractivity contribution < 1.29 is 9.59 Å². The molecule has 1 aromatic carbocycles. The first-order valence-corrected chi connectivity index (χ1v) is 10.9. The van der Waals surface area contributed by atoms with E-state index in [1.54, 1.807) is 6.92 Å². The van der Waals surface area contributed by atoms with Gasteiger partial charge in [-0.1, -0.05) is 30.3 Å². The Hall–Kier alpha value is -1.92. The lowest BCUT2D eigenvalue weighted by molar-refractivity contribution is -0.142. The molecule has 6 nitrogen and oxygen atoms in total. The number of amides is 2. The van der Waals surface area contributed by atoms with E-state index < -0.39 is 0 Å². The van der Waals surface area contributed by atoms with E-state index in [1.165, 1.54) is 5.56 Å². The molecule has 0 N–H and O–H groups in total. The van der Waals surface area contributed by atoms with Crippen molar-refractivity contribution >= 4 is 11.8 Å². The smallest absolute Gasteiger partial charge is 0.239 e. The van der Waals surface area contributed by atoms with Gasteiger partial charge in [-0.25, -0.2) is 0 Å². The fraction of sp³-hybridized carbons (Fsp3) is 0.652. The van der Waals surface area contributed by atoms with Crippen molar-refractivity contribution in [2.24, 2.45) is 5.92 Å². The largest absolute Gasteiger partial charge is 0.339 e. The maximum atomic E-state index is 12.9. The number of hydrogen-bond donors (Lipinski definition) is 0. The zero-order chi connectivity index (χ0) is 20.8. The second kappa shape index (κ2) is 10.2. The number of carbonyl (C=O) groups excluding carboxylic acids is 2. The normalized spacial score (nSPS) is 20.1. The summed E-state index contributed by atoms with van der Waals surface area (Å²) in [5.74, 6) is 1.01. The molecule has 3 rings (SSSR count). The van der Waals surface area contributed by atoms with Gasteiger partial charge in [0.1, 0.15) is 0 Å². The van der Waals surface area contributed by atoms with Crippen molar-refractivity contribution in [3.8, 4) is 0 Å². The van der Waals surface area contributed by atoms with E-state index in [0.29, 0.717) is 32.1 Å². The fourth-order valence-corrected chi connectivity index (χ4v) is 4.59. The highest BCUT2D eigenvalue weighted by Gasteiger charge is 2.31. The van der Waals surface area contributed by atoms with Crippen molar-refractivity contribution in [1.29, 1.82) is 0 Å². The molecule has 2 fully saturated rings. The summed E-state index contributed by atoms with van der Waals surface area (Å²) in [5.41, 5.74) is 1.36. The summed E-state index contributed by atoms with van der Waals surface area (Å²) in [6.07, 6.45) is 2.30. The van der Waals surface area contributed by atoms with Crippen LogP contribution in [0.5, 0.6) is 0 Å². The molecule has 1 unspecified atom stereocenters. The topological polar surface area (TPSA) is 47.1 Å². The van der Waals surface area contributed by atoms with Crippen LogP contribution in [0.1, 0.15) is 32.3 Å². The van der Waals surface area contributed by atoms with Crippen LogP contribution in [0.4, 0.5) is 0 Å². The lowest BCUT2D eigenvalue weighted by Crippen LogP contribution is -2.55. The van der Waals surface area contributed by atoms with Crippen molar-refractivity contribution in [3.05, 3.63) is 35.9 Å². The minimum atomic E-state index is -0.0677. The van der Waals surface area contributed by atoms with Gasteiger partial charge in [0, 0.05) is 46.2 Å². The molecule has 0 aromatic heterocycles. The van der Waals surface area contributed by atoms with Gasteiger partial charge < -0.3 is 14.7 Å². The summed E-state index contributed by atoms with van der Waals surface area (Å²) >= 11 is 0. The molecule has 1 atom stereocenters. The van der Waals surface area contributed by atoms with Crippen LogP contribution >= 0.6 is 0 Å². The number of piperidine rings is 1. The van der Waals surface area contributed by atoms with Gasteiger partial charge in [-0.2, -0.15) is 0 Å². The van der Waals surface area contributed by atoms with Crippen LogP contribution in [0.2, 0.25) is 0 Å². The number of rotatable bonds is 6. The minimum Gasteiger partial charge on any atom is -0.339 e. The third-order valence-electron chi connectivity index (χ3n) is 6.46. The molecule has 1 aromatic rings. The van der Waals surface area contributed by atoms with E-state index in [4.69, 9.17) is 0 Å². The van der Waals surface area contributed by atoms with Crippen molar-refractivity contribution in [3.63, 3.8) is 0 Å². The number of benzene rings is 1. The average Bonchev–Trinajstić information content (AvgIpc) is 2.74. The number of likely N-dealkylation sites (tertiary alicyclic amines) is 1. The molecule has 29 heavy (non-hydrogen) atoms. The molecule has 0 radical (unpaired) electrons. The van der Waals surface area contributed by atoms with Crippen LogP contribution in [0.15, 0.2) is 30.3 Å². The number of hydrogen-bond acceptors (Lipinski definition) is 4. The summed E-state index contributed by atoms with van der Waals surface area (Å²) in [6.45, 7) is 10.3. The molecule has 2 aliphatic heterocycles. The van der Waals surface area contributed by atoms with Crippen LogP contribution in [0.3, 0.4) is 0 Å². The Kier molecular flexibility index (Phi) is 7.67. The average molecular weight is 401 g/mol. The van der Waals surface area contributed by atoms with Crippen LogP contribution in [0, 0.1) is 5.92 Å². The standard InChI is InChI=1S/C23H36N4O2/c1-19(23(29)27-15-13-26(14-16-27)20(2)28)25-11-9-22(10-12-25)18-24(3)17-21-7-5-4-6-8-21/h4-8,19,22H,9-18H2,1-3H3. The number of carbonyl (C=O) groups is 2. The Morgan fingerprint density at radius 1 is 1.00 bits per heavy atom. The van der Waals surface area contributed by atoms with Crippen molar-refractivity contribution in [2.45, 2.75) is 39.3 Å². The zero-order valence-corrected chi connectivity index (χ0v) is 18.2. The maximum Gasteiger partial charge on any atom is 0.239 e. The summed E-state index contributed by atoms with van der Waals surface area (Å²) in [4.78, 5) is 32.9. The van der Waals surface area contributed by atoms with E-state index in [0.717, 1.165) is 39.0 Å². The lowest BCUT2D eigenvalue weighted by atomic mass is 9.95. The number of piperazine rings is 1. The molecule has 0 saturated carbocycles. The Morgan fingerprint density at radius 2 is 1.59 bits per heavy atom. The van der Waals surface area contributed by atoms with Crippen LogP contribution in [0.25, 0.3) is 0 Å². The van der Waals surface area contributed by atoms with Crippen LogP contribution in [-0.4, -0.2) is 90.3 Å². The highest BCUT2D eigenvalue weighted by Crippen LogP contribution is 2.21. The van der Waals surface area contributed by atoms with Crippen LogP contribution in [-0.2, 0) is 16.1 Å². The molecule has 160 valence electrons. The van der Waals surface area contributed by atoms with Gasteiger partial charge in [0.15, 0.2) is 0 Å². The molecule has 6 heteroatoms. The highest BCUT2D eigenvalue weighted by atomic mass is 16.2. The second-order valence-corrected chi connectivity index (χ2v) is 8.67. The summed E-state index contributed by atoms with van der Waals surface area (Å²) in [6, 6.07) is 10.6. The third-order valence-corrected chi connectivity index (χ3v) is 6.46. The van der Waals surface area contributed by atoms with Gasteiger partial charge in [0.05, 0.1) is 6.04 Å². The predicted molar refractivity (Wildman–Crippen MR) is 115 cm³/mol. The van der Waals surface area contributed by atoms with Gasteiger partial charge in [0.25, 0.3) is 0 Å². The van der Waals surface area contributed by atoms with Crippen LogP contribution < -0.4 is 0 Å². The number of nitrogens with zero attached hydrogens (tertiary/aromatic N) is 4. The van der Waals surface area contributed by atoms with Gasteiger partial charge >= 0.3 is 0 Å². The monoisotopic (exact) mass is 400 g/mol. The summed E-state index contributed by atoms with van der Waals surface area (Å²) in [7, 11) is 2.20.